The Bertz CT molecular complexity index is 253. The van der Waals surface area contributed by atoms with Gasteiger partial charge in [0.1, 0.15) is 0 Å². The first kappa shape index (κ1) is 12.6. The van der Waals surface area contributed by atoms with E-state index in [-0.39, 0.29) is 6.03 Å². The van der Waals surface area contributed by atoms with Crippen LogP contribution in [0, 0.1) is 5.92 Å². The number of nitrogens with one attached hydrogen (secondary N) is 3. The molecule has 2 saturated heterocycles. The van der Waals surface area contributed by atoms with Crippen LogP contribution in [0.2, 0.25) is 0 Å². The number of nitrogens with zero attached hydrogens (tertiary/aromatic N) is 1. The molecule has 2 atom stereocenters. The molecule has 0 spiro atoms. The minimum Gasteiger partial charge on any atom is -0.338 e. The predicted octanol–water partition coefficient (Wildman–Crippen LogP) is -0.0107. The zero-order valence-electron chi connectivity index (χ0n) is 10.7. The van der Waals surface area contributed by atoms with Gasteiger partial charge in [-0.1, -0.05) is 0 Å². The monoisotopic (exact) mass is 240 g/mol. The summed E-state index contributed by atoms with van der Waals surface area (Å²) < 4.78 is 0. The molecule has 2 amide bonds. The minimum atomic E-state index is -0.0165. The summed E-state index contributed by atoms with van der Waals surface area (Å²) in [6.45, 7) is 4.83. The lowest BCUT2D eigenvalue weighted by Gasteiger charge is -2.20. The maximum atomic E-state index is 11.6. The van der Waals surface area contributed by atoms with E-state index < -0.39 is 0 Å². The van der Waals surface area contributed by atoms with Gasteiger partial charge in [0.05, 0.1) is 0 Å². The lowest BCUT2D eigenvalue weighted by molar-refractivity contribution is 0.233. The molecule has 0 aliphatic carbocycles. The molecule has 0 aromatic heterocycles. The number of hydrogen-bond acceptors (Lipinski definition) is 3. The summed E-state index contributed by atoms with van der Waals surface area (Å²) in [6, 6.07) is 0.506. The van der Waals surface area contributed by atoms with Gasteiger partial charge in [-0.15, -0.1) is 0 Å². The van der Waals surface area contributed by atoms with Gasteiger partial charge in [-0.3, -0.25) is 0 Å². The largest absolute Gasteiger partial charge is 0.338 e. The zero-order chi connectivity index (χ0) is 12.1. The van der Waals surface area contributed by atoms with Crippen LogP contribution in [0.15, 0.2) is 0 Å². The molecule has 2 aliphatic heterocycles. The van der Waals surface area contributed by atoms with E-state index in [2.05, 4.69) is 27.9 Å². The smallest absolute Gasteiger partial charge is 0.314 e. The molecule has 98 valence electrons. The first-order chi connectivity index (χ1) is 8.25. The van der Waals surface area contributed by atoms with Crippen molar-refractivity contribution in [1.29, 1.82) is 0 Å². The highest BCUT2D eigenvalue weighted by Gasteiger charge is 2.21. The highest BCUT2D eigenvalue weighted by molar-refractivity contribution is 5.73. The van der Waals surface area contributed by atoms with Crippen LogP contribution in [0.4, 0.5) is 4.79 Å². The van der Waals surface area contributed by atoms with Crippen molar-refractivity contribution >= 4 is 6.03 Å². The Morgan fingerprint density at radius 2 is 2.18 bits per heavy atom. The molecular formula is C12H24N4O. The van der Waals surface area contributed by atoms with Crippen LogP contribution in [0.3, 0.4) is 0 Å². The number of rotatable bonds is 4. The third-order valence-corrected chi connectivity index (χ3v) is 3.88. The van der Waals surface area contributed by atoms with Crippen LogP contribution in [0.25, 0.3) is 0 Å². The molecule has 0 aromatic carbocycles. The molecule has 0 radical (unpaired) electrons. The molecule has 2 aliphatic rings. The van der Waals surface area contributed by atoms with Crippen LogP contribution >= 0.6 is 0 Å². The average Bonchev–Trinajstić information content (AvgIpc) is 2.95. The van der Waals surface area contributed by atoms with Gasteiger partial charge in [0.2, 0.25) is 0 Å². The summed E-state index contributed by atoms with van der Waals surface area (Å²) in [5.74, 6) is 0.606. The summed E-state index contributed by atoms with van der Waals surface area (Å²) in [4.78, 5) is 13.9. The van der Waals surface area contributed by atoms with Gasteiger partial charge in [0, 0.05) is 19.1 Å². The first-order valence-electron chi connectivity index (χ1n) is 6.68. The normalized spacial score (nSPS) is 29.5. The highest BCUT2D eigenvalue weighted by Crippen LogP contribution is 2.13. The Morgan fingerprint density at radius 1 is 1.35 bits per heavy atom. The van der Waals surface area contributed by atoms with E-state index in [1.807, 2.05) is 0 Å². The van der Waals surface area contributed by atoms with Crippen molar-refractivity contribution in [1.82, 2.24) is 20.9 Å². The second-order valence-electron chi connectivity index (χ2n) is 5.23. The molecule has 0 aromatic rings. The van der Waals surface area contributed by atoms with E-state index in [1.165, 1.54) is 19.3 Å². The summed E-state index contributed by atoms with van der Waals surface area (Å²) in [5.41, 5.74) is 0. The van der Waals surface area contributed by atoms with Crippen LogP contribution in [0.1, 0.15) is 19.3 Å². The Hall–Kier alpha value is -0.810. The van der Waals surface area contributed by atoms with E-state index in [1.54, 1.807) is 0 Å². The van der Waals surface area contributed by atoms with Gasteiger partial charge in [-0.25, -0.2) is 4.79 Å². The number of carbonyl (C=O) groups is 1. The van der Waals surface area contributed by atoms with Crippen LogP contribution in [0.5, 0.6) is 0 Å². The zero-order valence-corrected chi connectivity index (χ0v) is 10.7. The van der Waals surface area contributed by atoms with Crippen LogP contribution in [-0.2, 0) is 0 Å². The van der Waals surface area contributed by atoms with Gasteiger partial charge >= 0.3 is 6.03 Å². The van der Waals surface area contributed by atoms with Gasteiger partial charge < -0.3 is 20.9 Å². The number of urea groups is 1. The number of carbonyl (C=O) groups excluding carboxylic acids is 1. The maximum absolute atomic E-state index is 11.6. The fourth-order valence-corrected chi connectivity index (χ4v) is 2.64. The number of amides is 2. The van der Waals surface area contributed by atoms with Gasteiger partial charge in [-0.2, -0.15) is 0 Å². The Labute approximate surface area is 103 Å². The van der Waals surface area contributed by atoms with Gasteiger partial charge in [0.25, 0.3) is 0 Å². The van der Waals surface area contributed by atoms with Gasteiger partial charge in [-0.05, 0) is 51.9 Å². The second-order valence-corrected chi connectivity index (χ2v) is 5.23. The SMILES string of the molecule is CN1CCCC1CNC(=O)NCC1CCNC1. The molecule has 17 heavy (non-hydrogen) atoms. The summed E-state index contributed by atoms with van der Waals surface area (Å²) >= 11 is 0. The molecular weight excluding hydrogens is 216 g/mol. The van der Waals surface area contributed by atoms with E-state index in [9.17, 15) is 4.79 Å². The second kappa shape index (κ2) is 6.21. The average molecular weight is 240 g/mol. The van der Waals surface area contributed by atoms with Crippen LogP contribution < -0.4 is 16.0 Å². The molecule has 0 saturated carbocycles. The standard InChI is InChI=1S/C12H24N4O/c1-16-6-2-3-11(16)9-15-12(17)14-8-10-4-5-13-7-10/h10-11,13H,2-9H2,1H3,(H2,14,15,17). The van der Waals surface area contributed by atoms with Crippen molar-refractivity contribution in [3.63, 3.8) is 0 Å². The van der Waals surface area contributed by atoms with Crippen molar-refractivity contribution < 1.29 is 4.79 Å². The van der Waals surface area contributed by atoms with E-state index in [4.69, 9.17) is 0 Å². The fraction of sp³-hybridized carbons (Fsp3) is 0.917. The van der Waals surface area contributed by atoms with Gasteiger partial charge in [0.15, 0.2) is 0 Å². The molecule has 5 nitrogen and oxygen atoms in total. The van der Waals surface area contributed by atoms with Crippen molar-refractivity contribution in [3.05, 3.63) is 0 Å². The highest BCUT2D eigenvalue weighted by atomic mass is 16.2. The molecule has 2 rings (SSSR count). The number of likely N-dealkylation sites (tertiary alicyclic amines) is 1. The molecule has 2 unspecified atom stereocenters. The Kier molecular flexibility index (Phi) is 4.62. The quantitative estimate of drug-likeness (QED) is 0.648. The first-order valence-corrected chi connectivity index (χ1v) is 6.68. The molecule has 0 bridgehead atoms. The van der Waals surface area contributed by atoms with Crippen molar-refractivity contribution in [3.8, 4) is 0 Å². The molecule has 5 heteroatoms. The molecule has 2 heterocycles. The van der Waals surface area contributed by atoms with E-state index >= 15 is 0 Å². The number of hydrogen-bond donors (Lipinski definition) is 3. The number of likely N-dealkylation sites (N-methyl/N-ethyl adjacent to an activating group) is 1. The Balaban J connectivity index is 1.57. The summed E-state index contributed by atoms with van der Waals surface area (Å²) in [6.07, 6.45) is 3.62. The topological polar surface area (TPSA) is 56.4 Å². The lowest BCUT2D eigenvalue weighted by Crippen LogP contribution is -2.44. The van der Waals surface area contributed by atoms with E-state index in [0.717, 1.165) is 32.7 Å². The maximum Gasteiger partial charge on any atom is 0.314 e. The molecule has 2 fully saturated rings. The summed E-state index contributed by atoms with van der Waals surface area (Å²) in [5, 5.41) is 9.22. The third-order valence-electron chi connectivity index (χ3n) is 3.88. The van der Waals surface area contributed by atoms with Crippen molar-refractivity contribution in [2.45, 2.75) is 25.3 Å². The Morgan fingerprint density at radius 3 is 2.82 bits per heavy atom. The van der Waals surface area contributed by atoms with Crippen molar-refractivity contribution in [2.24, 2.45) is 5.92 Å². The predicted molar refractivity (Wildman–Crippen MR) is 68.0 cm³/mol. The lowest BCUT2D eigenvalue weighted by atomic mass is 10.1. The minimum absolute atomic E-state index is 0.0165. The van der Waals surface area contributed by atoms with Crippen LogP contribution in [-0.4, -0.2) is 56.7 Å². The van der Waals surface area contributed by atoms with E-state index in [0.29, 0.717) is 12.0 Å². The van der Waals surface area contributed by atoms with Crippen molar-refractivity contribution in [2.75, 3.05) is 39.8 Å². The fourth-order valence-electron chi connectivity index (χ4n) is 2.64. The third kappa shape index (κ3) is 3.85. The molecule has 3 N–H and O–H groups in total. The summed E-state index contributed by atoms with van der Waals surface area (Å²) in [7, 11) is 2.13.